The zero-order chi connectivity index (χ0) is 13.1. The number of anilines is 1. The fourth-order valence-electron chi connectivity index (χ4n) is 3.25. The van der Waals surface area contributed by atoms with E-state index in [9.17, 15) is 0 Å². The van der Waals surface area contributed by atoms with Gasteiger partial charge in [-0.05, 0) is 55.9 Å². The van der Waals surface area contributed by atoms with Gasteiger partial charge in [0, 0.05) is 25.4 Å². The van der Waals surface area contributed by atoms with E-state index >= 15 is 0 Å². The zero-order valence-electron chi connectivity index (χ0n) is 11.2. The lowest BCUT2D eigenvalue weighted by molar-refractivity contribution is 0.0531. The highest BCUT2D eigenvalue weighted by atomic mass is 16.5. The molecular weight excluding hydrogens is 236 g/mol. The van der Waals surface area contributed by atoms with E-state index in [0.717, 1.165) is 31.2 Å². The van der Waals surface area contributed by atoms with Crippen molar-refractivity contribution in [3.63, 3.8) is 0 Å². The molecule has 2 aliphatic rings. The molecule has 1 aromatic carbocycles. The Hall–Kier alpha value is -1.53. The van der Waals surface area contributed by atoms with Gasteiger partial charge in [0.1, 0.15) is 0 Å². The minimum absolute atomic E-state index is 0.517. The lowest BCUT2D eigenvalue weighted by Gasteiger charge is -2.35. The van der Waals surface area contributed by atoms with E-state index in [2.05, 4.69) is 23.1 Å². The third-order valence-electron chi connectivity index (χ3n) is 4.39. The van der Waals surface area contributed by atoms with Gasteiger partial charge in [0.2, 0.25) is 0 Å². The van der Waals surface area contributed by atoms with Crippen LogP contribution in [0.25, 0.3) is 0 Å². The lowest BCUT2D eigenvalue weighted by atomic mass is 9.89. The fraction of sp³-hybridized carbons (Fsp3) is 0.562. The Labute approximate surface area is 114 Å². The zero-order valence-corrected chi connectivity index (χ0v) is 11.2. The molecule has 3 rings (SSSR count). The Morgan fingerprint density at radius 1 is 1.11 bits per heavy atom. The first-order chi connectivity index (χ1) is 9.36. The first-order valence-corrected chi connectivity index (χ1v) is 7.23. The predicted octanol–water partition coefficient (Wildman–Crippen LogP) is 2.95. The van der Waals surface area contributed by atoms with Crippen molar-refractivity contribution in [2.24, 2.45) is 5.92 Å². The summed E-state index contributed by atoms with van der Waals surface area (Å²) in [6.07, 6.45) is 5.46. The van der Waals surface area contributed by atoms with Crippen LogP contribution in [0.4, 0.5) is 5.69 Å². The summed E-state index contributed by atoms with van der Waals surface area (Å²) in [5.41, 5.74) is 1.97. The number of ether oxygens (including phenoxy) is 1. The van der Waals surface area contributed by atoms with Crippen LogP contribution in [0.1, 0.15) is 31.2 Å². The first kappa shape index (κ1) is 12.5. The highest BCUT2D eigenvalue weighted by Gasteiger charge is 2.29. The van der Waals surface area contributed by atoms with Crippen LogP contribution in [0.15, 0.2) is 24.3 Å². The van der Waals surface area contributed by atoms with Gasteiger partial charge in [-0.3, -0.25) is 0 Å². The summed E-state index contributed by atoms with van der Waals surface area (Å²) in [4.78, 5) is 2.42. The van der Waals surface area contributed by atoms with Crippen molar-refractivity contribution in [1.82, 2.24) is 0 Å². The number of hydrogen-bond donors (Lipinski definition) is 0. The minimum atomic E-state index is 0.517. The molecule has 100 valence electrons. The largest absolute Gasteiger partial charge is 0.378 e. The second-order valence-electron chi connectivity index (χ2n) is 5.53. The molecule has 0 radical (unpaired) electrons. The van der Waals surface area contributed by atoms with Crippen LogP contribution < -0.4 is 4.90 Å². The summed E-state index contributed by atoms with van der Waals surface area (Å²) in [6, 6.07) is 10.1. The SMILES string of the molecule is N#Cc1ccc(N2CCC(C3CCCO3)CC2)cc1. The van der Waals surface area contributed by atoms with Crippen LogP contribution in [0.5, 0.6) is 0 Å². The quantitative estimate of drug-likeness (QED) is 0.816. The summed E-state index contributed by atoms with van der Waals surface area (Å²) >= 11 is 0. The number of piperidine rings is 1. The summed E-state index contributed by atoms with van der Waals surface area (Å²) in [5, 5.41) is 8.82. The summed E-state index contributed by atoms with van der Waals surface area (Å²) in [7, 11) is 0. The lowest BCUT2D eigenvalue weighted by Crippen LogP contribution is -2.37. The van der Waals surface area contributed by atoms with E-state index < -0.39 is 0 Å². The van der Waals surface area contributed by atoms with Crippen LogP contribution in [0.3, 0.4) is 0 Å². The number of nitriles is 1. The van der Waals surface area contributed by atoms with Crippen molar-refractivity contribution in [3.8, 4) is 6.07 Å². The van der Waals surface area contributed by atoms with Crippen LogP contribution >= 0.6 is 0 Å². The molecule has 0 aromatic heterocycles. The molecule has 0 aliphatic carbocycles. The van der Waals surface area contributed by atoms with Crippen molar-refractivity contribution in [2.45, 2.75) is 31.8 Å². The van der Waals surface area contributed by atoms with E-state index in [1.54, 1.807) is 0 Å². The average molecular weight is 256 g/mol. The van der Waals surface area contributed by atoms with Gasteiger partial charge in [0.15, 0.2) is 0 Å². The van der Waals surface area contributed by atoms with Gasteiger partial charge >= 0.3 is 0 Å². The Balaban J connectivity index is 1.58. The first-order valence-electron chi connectivity index (χ1n) is 7.23. The third kappa shape index (κ3) is 2.74. The van der Waals surface area contributed by atoms with E-state index in [1.165, 1.54) is 31.4 Å². The monoisotopic (exact) mass is 256 g/mol. The average Bonchev–Trinajstić information content (AvgIpc) is 3.02. The van der Waals surface area contributed by atoms with Gasteiger partial charge < -0.3 is 9.64 Å². The van der Waals surface area contributed by atoms with Crippen molar-refractivity contribution in [3.05, 3.63) is 29.8 Å². The van der Waals surface area contributed by atoms with Crippen molar-refractivity contribution in [2.75, 3.05) is 24.6 Å². The molecule has 0 spiro atoms. The Morgan fingerprint density at radius 3 is 2.42 bits per heavy atom. The molecule has 19 heavy (non-hydrogen) atoms. The van der Waals surface area contributed by atoms with Gasteiger partial charge in [-0.2, -0.15) is 5.26 Å². The predicted molar refractivity (Wildman–Crippen MR) is 75.1 cm³/mol. The van der Waals surface area contributed by atoms with E-state index in [0.29, 0.717) is 6.10 Å². The molecule has 0 saturated carbocycles. The van der Waals surface area contributed by atoms with Crippen molar-refractivity contribution in [1.29, 1.82) is 5.26 Å². The standard InChI is InChI=1S/C16H20N2O/c17-12-13-3-5-15(6-4-13)18-9-7-14(8-10-18)16-2-1-11-19-16/h3-6,14,16H,1-2,7-11H2. The Kier molecular flexibility index (Phi) is 3.70. The van der Waals surface area contributed by atoms with Crippen LogP contribution in [-0.4, -0.2) is 25.8 Å². The van der Waals surface area contributed by atoms with Crippen molar-refractivity contribution >= 4 is 5.69 Å². The normalized spacial score (nSPS) is 24.4. The molecule has 1 aromatic rings. The molecule has 2 fully saturated rings. The summed E-state index contributed by atoms with van der Waals surface area (Å²) in [5.74, 6) is 0.747. The number of hydrogen-bond acceptors (Lipinski definition) is 3. The van der Waals surface area contributed by atoms with Gasteiger partial charge in [0.05, 0.1) is 17.7 Å². The molecule has 3 heteroatoms. The third-order valence-corrected chi connectivity index (χ3v) is 4.39. The van der Waals surface area contributed by atoms with Crippen LogP contribution in [0.2, 0.25) is 0 Å². The molecule has 2 saturated heterocycles. The molecule has 1 unspecified atom stereocenters. The number of rotatable bonds is 2. The van der Waals surface area contributed by atoms with E-state index in [1.807, 2.05) is 12.1 Å². The Morgan fingerprint density at radius 2 is 1.84 bits per heavy atom. The number of nitrogens with zero attached hydrogens (tertiary/aromatic N) is 2. The molecule has 2 heterocycles. The van der Waals surface area contributed by atoms with Gasteiger partial charge in [-0.25, -0.2) is 0 Å². The highest BCUT2D eigenvalue weighted by molar-refractivity contribution is 5.49. The fourth-order valence-corrected chi connectivity index (χ4v) is 3.25. The molecule has 2 aliphatic heterocycles. The van der Waals surface area contributed by atoms with Crippen LogP contribution in [0, 0.1) is 17.2 Å². The maximum Gasteiger partial charge on any atom is 0.0991 e. The van der Waals surface area contributed by atoms with Gasteiger partial charge in [0.25, 0.3) is 0 Å². The number of benzene rings is 1. The smallest absolute Gasteiger partial charge is 0.0991 e. The molecule has 1 atom stereocenters. The van der Waals surface area contributed by atoms with E-state index in [-0.39, 0.29) is 0 Å². The minimum Gasteiger partial charge on any atom is -0.378 e. The van der Waals surface area contributed by atoms with Gasteiger partial charge in [-0.1, -0.05) is 0 Å². The topological polar surface area (TPSA) is 36.3 Å². The van der Waals surface area contributed by atoms with Crippen LogP contribution in [-0.2, 0) is 4.74 Å². The summed E-state index contributed by atoms with van der Waals surface area (Å²) in [6.45, 7) is 3.17. The highest BCUT2D eigenvalue weighted by Crippen LogP contribution is 2.30. The second-order valence-corrected chi connectivity index (χ2v) is 5.53. The molecule has 0 N–H and O–H groups in total. The maximum absolute atomic E-state index is 8.82. The molecule has 0 bridgehead atoms. The van der Waals surface area contributed by atoms with Crippen molar-refractivity contribution < 1.29 is 4.74 Å². The molecular formula is C16H20N2O. The Bertz CT molecular complexity index is 449. The molecule has 0 amide bonds. The van der Waals surface area contributed by atoms with E-state index in [4.69, 9.17) is 10.00 Å². The van der Waals surface area contributed by atoms with Gasteiger partial charge in [-0.15, -0.1) is 0 Å². The second kappa shape index (κ2) is 5.63. The summed E-state index contributed by atoms with van der Waals surface area (Å²) < 4.78 is 5.81. The maximum atomic E-state index is 8.82. The molecule has 3 nitrogen and oxygen atoms in total.